The lowest BCUT2D eigenvalue weighted by Gasteiger charge is -2.09. The summed E-state index contributed by atoms with van der Waals surface area (Å²) in [5.41, 5.74) is 3.36. The van der Waals surface area contributed by atoms with Gasteiger partial charge < -0.3 is 10.1 Å². The molecule has 0 saturated heterocycles. The van der Waals surface area contributed by atoms with Gasteiger partial charge in [0.15, 0.2) is 5.82 Å². The lowest BCUT2D eigenvalue weighted by Crippen LogP contribution is -2.22. The van der Waals surface area contributed by atoms with Crippen LogP contribution in [0.1, 0.15) is 21.5 Å². The van der Waals surface area contributed by atoms with Crippen molar-refractivity contribution in [3.63, 3.8) is 0 Å². The standard InChI is InChI=1S/C25H20FN3O2/c1-17-5-7-18(8-6-17)16-28-25(30)20-3-2-4-22(15-20)31-23-13-14-27-24(29-23)19-9-11-21(26)12-10-19/h2-15H,16H2,1H3,(H,28,30). The molecule has 0 atom stereocenters. The molecule has 0 aliphatic carbocycles. The fourth-order valence-electron chi connectivity index (χ4n) is 2.95. The van der Waals surface area contributed by atoms with E-state index in [0.717, 1.165) is 5.56 Å². The third-order valence-electron chi connectivity index (χ3n) is 4.62. The number of nitrogens with one attached hydrogen (secondary N) is 1. The fraction of sp³-hybridized carbons (Fsp3) is 0.0800. The van der Waals surface area contributed by atoms with E-state index in [0.29, 0.717) is 35.1 Å². The topological polar surface area (TPSA) is 64.1 Å². The number of hydrogen-bond donors (Lipinski definition) is 1. The summed E-state index contributed by atoms with van der Waals surface area (Å²) in [6, 6.07) is 22.4. The van der Waals surface area contributed by atoms with E-state index in [1.165, 1.54) is 17.7 Å². The van der Waals surface area contributed by atoms with Crippen LogP contribution in [0.25, 0.3) is 11.4 Å². The van der Waals surface area contributed by atoms with Crippen molar-refractivity contribution in [2.45, 2.75) is 13.5 Å². The first-order valence-electron chi connectivity index (χ1n) is 9.77. The first kappa shape index (κ1) is 20.2. The van der Waals surface area contributed by atoms with Crippen LogP contribution in [0.2, 0.25) is 0 Å². The minimum atomic E-state index is -0.325. The van der Waals surface area contributed by atoms with E-state index in [4.69, 9.17) is 4.74 Å². The average molecular weight is 413 g/mol. The van der Waals surface area contributed by atoms with Crippen molar-refractivity contribution < 1.29 is 13.9 Å². The van der Waals surface area contributed by atoms with E-state index in [-0.39, 0.29) is 11.7 Å². The minimum absolute atomic E-state index is 0.194. The number of halogens is 1. The van der Waals surface area contributed by atoms with Crippen LogP contribution in [-0.2, 0) is 6.54 Å². The van der Waals surface area contributed by atoms with Crippen molar-refractivity contribution in [2.24, 2.45) is 0 Å². The zero-order valence-corrected chi connectivity index (χ0v) is 16.9. The molecule has 0 aliphatic heterocycles. The monoisotopic (exact) mass is 413 g/mol. The fourth-order valence-corrected chi connectivity index (χ4v) is 2.95. The zero-order valence-electron chi connectivity index (χ0n) is 16.9. The molecule has 1 N–H and O–H groups in total. The summed E-state index contributed by atoms with van der Waals surface area (Å²) in [6.07, 6.45) is 1.57. The Labute approximate surface area is 179 Å². The maximum absolute atomic E-state index is 13.1. The quantitative estimate of drug-likeness (QED) is 0.465. The van der Waals surface area contributed by atoms with Gasteiger partial charge in [0.2, 0.25) is 5.88 Å². The number of benzene rings is 3. The summed E-state index contributed by atoms with van der Waals surface area (Å²) in [4.78, 5) is 21.1. The van der Waals surface area contributed by atoms with Crippen molar-refractivity contribution in [1.29, 1.82) is 0 Å². The van der Waals surface area contributed by atoms with Crippen LogP contribution in [-0.4, -0.2) is 15.9 Å². The highest BCUT2D eigenvalue weighted by molar-refractivity contribution is 5.94. The maximum atomic E-state index is 13.1. The van der Waals surface area contributed by atoms with Gasteiger partial charge in [0.25, 0.3) is 5.91 Å². The van der Waals surface area contributed by atoms with Crippen molar-refractivity contribution in [3.05, 3.63) is 108 Å². The van der Waals surface area contributed by atoms with Gasteiger partial charge in [-0.15, -0.1) is 0 Å². The first-order chi connectivity index (χ1) is 15.1. The summed E-state index contributed by atoms with van der Waals surface area (Å²) in [6.45, 7) is 2.46. The Balaban J connectivity index is 1.44. The van der Waals surface area contributed by atoms with Crippen LogP contribution in [0.4, 0.5) is 4.39 Å². The molecule has 1 aromatic heterocycles. The van der Waals surface area contributed by atoms with Crippen LogP contribution >= 0.6 is 0 Å². The second kappa shape index (κ2) is 9.17. The van der Waals surface area contributed by atoms with Crippen molar-refractivity contribution in [1.82, 2.24) is 15.3 Å². The Morgan fingerprint density at radius 2 is 1.77 bits per heavy atom. The Bertz CT molecular complexity index is 1190. The van der Waals surface area contributed by atoms with Crippen LogP contribution in [0.3, 0.4) is 0 Å². The smallest absolute Gasteiger partial charge is 0.251 e. The third kappa shape index (κ3) is 5.30. The zero-order chi connectivity index (χ0) is 21.6. The number of ether oxygens (including phenoxy) is 1. The van der Waals surface area contributed by atoms with Crippen LogP contribution in [0, 0.1) is 12.7 Å². The normalized spacial score (nSPS) is 10.5. The van der Waals surface area contributed by atoms with Crippen LogP contribution in [0.15, 0.2) is 85.1 Å². The molecule has 0 aliphatic rings. The predicted molar refractivity (Wildman–Crippen MR) is 116 cm³/mol. The molecule has 0 fully saturated rings. The van der Waals surface area contributed by atoms with Crippen LogP contribution < -0.4 is 10.1 Å². The van der Waals surface area contributed by atoms with E-state index in [1.807, 2.05) is 31.2 Å². The molecule has 1 amide bonds. The molecule has 1 heterocycles. The van der Waals surface area contributed by atoms with Gasteiger partial charge in [-0.2, -0.15) is 4.98 Å². The Kier molecular flexibility index (Phi) is 5.98. The van der Waals surface area contributed by atoms with E-state index in [1.54, 1.807) is 48.7 Å². The molecule has 3 aromatic carbocycles. The molecule has 4 aromatic rings. The average Bonchev–Trinajstić information content (AvgIpc) is 2.79. The summed E-state index contributed by atoms with van der Waals surface area (Å²) < 4.78 is 19.0. The molecule has 31 heavy (non-hydrogen) atoms. The lowest BCUT2D eigenvalue weighted by atomic mass is 10.1. The van der Waals surface area contributed by atoms with Crippen molar-refractivity contribution in [2.75, 3.05) is 0 Å². The Hall–Kier alpha value is -4.06. The van der Waals surface area contributed by atoms with Gasteiger partial charge in [0, 0.05) is 29.9 Å². The summed E-state index contributed by atoms with van der Waals surface area (Å²) in [5, 5.41) is 2.91. The number of carbonyl (C=O) groups excluding carboxylic acids is 1. The number of rotatable bonds is 6. The van der Waals surface area contributed by atoms with E-state index < -0.39 is 0 Å². The summed E-state index contributed by atoms with van der Waals surface area (Å²) in [7, 11) is 0. The highest BCUT2D eigenvalue weighted by Crippen LogP contribution is 2.23. The van der Waals surface area contributed by atoms with Gasteiger partial charge in [-0.25, -0.2) is 9.37 Å². The van der Waals surface area contributed by atoms with Gasteiger partial charge in [-0.05, 0) is 55.0 Å². The lowest BCUT2D eigenvalue weighted by molar-refractivity contribution is 0.0950. The van der Waals surface area contributed by atoms with Gasteiger partial charge in [-0.1, -0.05) is 35.9 Å². The molecule has 5 nitrogen and oxygen atoms in total. The van der Waals surface area contributed by atoms with Crippen molar-refractivity contribution in [3.8, 4) is 23.0 Å². The second-order valence-corrected chi connectivity index (χ2v) is 7.02. The van der Waals surface area contributed by atoms with Gasteiger partial charge in [0.1, 0.15) is 11.6 Å². The Morgan fingerprint density at radius 1 is 1.00 bits per heavy atom. The third-order valence-corrected chi connectivity index (χ3v) is 4.62. The van der Waals surface area contributed by atoms with E-state index in [2.05, 4.69) is 15.3 Å². The molecule has 0 saturated carbocycles. The SMILES string of the molecule is Cc1ccc(CNC(=O)c2cccc(Oc3ccnc(-c4ccc(F)cc4)n3)c2)cc1. The molecule has 4 rings (SSSR count). The summed E-state index contributed by atoms with van der Waals surface area (Å²) in [5.74, 6) is 0.706. The van der Waals surface area contributed by atoms with Gasteiger partial charge in [0.05, 0.1) is 0 Å². The number of hydrogen-bond acceptors (Lipinski definition) is 4. The number of carbonyl (C=O) groups is 1. The molecule has 0 bridgehead atoms. The molecule has 154 valence electrons. The summed E-state index contributed by atoms with van der Waals surface area (Å²) >= 11 is 0. The molecule has 6 heteroatoms. The number of aryl methyl sites for hydroxylation is 1. The Morgan fingerprint density at radius 3 is 2.55 bits per heavy atom. The molecule has 0 radical (unpaired) electrons. The first-order valence-corrected chi connectivity index (χ1v) is 9.77. The van der Waals surface area contributed by atoms with Crippen LogP contribution in [0.5, 0.6) is 11.6 Å². The molecule has 0 unspecified atom stereocenters. The van der Waals surface area contributed by atoms with E-state index in [9.17, 15) is 9.18 Å². The van der Waals surface area contributed by atoms with Crippen molar-refractivity contribution >= 4 is 5.91 Å². The van der Waals surface area contributed by atoms with E-state index >= 15 is 0 Å². The molecule has 0 spiro atoms. The maximum Gasteiger partial charge on any atom is 0.251 e. The number of nitrogens with zero attached hydrogens (tertiary/aromatic N) is 2. The number of aromatic nitrogens is 2. The second-order valence-electron chi connectivity index (χ2n) is 7.02. The highest BCUT2D eigenvalue weighted by Gasteiger charge is 2.09. The minimum Gasteiger partial charge on any atom is -0.439 e. The van der Waals surface area contributed by atoms with Gasteiger partial charge >= 0.3 is 0 Å². The molecular formula is C25H20FN3O2. The largest absolute Gasteiger partial charge is 0.439 e. The predicted octanol–water partition coefficient (Wildman–Crippen LogP) is 5.31. The highest BCUT2D eigenvalue weighted by atomic mass is 19.1. The number of amides is 1. The molecular weight excluding hydrogens is 393 g/mol. The van der Waals surface area contributed by atoms with Gasteiger partial charge in [-0.3, -0.25) is 4.79 Å².